The van der Waals surface area contributed by atoms with E-state index in [2.05, 4.69) is 17.7 Å². The first-order valence-corrected chi connectivity index (χ1v) is 7.01. The van der Waals surface area contributed by atoms with Crippen LogP contribution in [0.5, 0.6) is 5.75 Å². The molecule has 0 unspecified atom stereocenters. The fourth-order valence-corrected chi connectivity index (χ4v) is 2.58. The molecule has 0 spiro atoms. The summed E-state index contributed by atoms with van der Waals surface area (Å²) in [4.78, 5) is 4.71. The molecule has 0 radical (unpaired) electrons. The second kappa shape index (κ2) is 5.48. The zero-order chi connectivity index (χ0) is 14.8. The van der Waals surface area contributed by atoms with Crippen LogP contribution in [0.2, 0.25) is 0 Å². The Bertz CT molecular complexity index is 777. The first-order chi connectivity index (χ1) is 10.2. The number of aromatic nitrogens is 2. The lowest BCUT2D eigenvalue weighted by molar-refractivity contribution is 0.415. The second-order valence-corrected chi connectivity index (χ2v) is 5.19. The maximum Gasteiger partial charge on any atom is 0.121 e. The van der Waals surface area contributed by atoms with Crippen LogP contribution in [0, 0.1) is 0 Å². The van der Waals surface area contributed by atoms with Crippen molar-refractivity contribution in [3.05, 3.63) is 53.9 Å². The topological polar surface area (TPSA) is 53.1 Å². The molecular formula is C17H19N3O. The van der Waals surface area contributed by atoms with E-state index in [9.17, 15) is 0 Å². The molecule has 2 N–H and O–H groups in total. The number of methoxy groups -OCH3 is 1. The summed E-state index contributed by atoms with van der Waals surface area (Å²) in [5.41, 5.74) is 9.95. The highest BCUT2D eigenvalue weighted by Gasteiger charge is 2.08. The molecule has 0 fully saturated rings. The third kappa shape index (κ3) is 2.70. The molecule has 0 aliphatic carbocycles. The standard InChI is InChI=1S/C17H19N3O/c1-20-16-8-7-14(21-2)11-15(16)19-17(20)9-6-12-4-3-5-13(18)10-12/h3-5,7-8,10-11H,6,9,18H2,1-2H3. The van der Waals surface area contributed by atoms with E-state index in [1.165, 1.54) is 5.56 Å². The molecule has 1 heterocycles. The predicted octanol–water partition coefficient (Wildman–Crippen LogP) is 2.95. The molecule has 21 heavy (non-hydrogen) atoms. The van der Waals surface area contributed by atoms with Gasteiger partial charge in [0.15, 0.2) is 0 Å². The van der Waals surface area contributed by atoms with Crippen LogP contribution >= 0.6 is 0 Å². The molecule has 0 aliphatic rings. The van der Waals surface area contributed by atoms with Crippen molar-refractivity contribution in [1.82, 2.24) is 9.55 Å². The fraction of sp³-hybridized carbons (Fsp3) is 0.235. The fourth-order valence-electron chi connectivity index (χ4n) is 2.58. The maximum absolute atomic E-state index is 5.82. The minimum atomic E-state index is 0.808. The molecule has 2 aromatic carbocycles. The summed E-state index contributed by atoms with van der Waals surface area (Å²) in [5.74, 6) is 1.91. The summed E-state index contributed by atoms with van der Waals surface area (Å²) >= 11 is 0. The molecule has 0 saturated carbocycles. The van der Waals surface area contributed by atoms with Crippen molar-refractivity contribution in [2.45, 2.75) is 12.8 Å². The van der Waals surface area contributed by atoms with Gasteiger partial charge in [-0.2, -0.15) is 0 Å². The lowest BCUT2D eigenvalue weighted by Gasteiger charge is -2.04. The number of ether oxygens (including phenoxy) is 1. The normalized spacial score (nSPS) is 11.0. The van der Waals surface area contributed by atoms with Crippen molar-refractivity contribution in [2.24, 2.45) is 7.05 Å². The minimum absolute atomic E-state index is 0.808. The summed E-state index contributed by atoms with van der Waals surface area (Å²) in [6.07, 6.45) is 1.82. The highest BCUT2D eigenvalue weighted by Crippen LogP contribution is 2.21. The zero-order valence-corrected chi connectivity index (χ0v) is 12.3. The summed E-state index contributed by atoms with van der Waals surface area (Å²) in [7, 11) is 3.72. The Hall–Kier alpha value is -2.49. The van der Waals surface area contributed by atoms with Crippen LogP contribution in [0.15, 0.2) is 42.5 Å². The average molecular weight is 281 g/mol. The van der Waals surface area contributed by atoms with Crippen molar-refractivity contribution in [1.29, 1.82) is 0 Å². The Kier molecular flexibility index (Phi) is 3.52. The number of anilines is 1. The van der Waals surface area contributed by atoms with Gasteiger partial charge in [0, 0.05) is 25.2 Å². The lowest BCUT2D eigenvalue weighted by Crippen LogP contribution is -2.00. The summed E-state index contributed by atoms with van der Waals surface area (Å²) in [5, 5.41) is 0. The molecular weight excluding hydrogens is 262 g/mol. The van der Waals surface area contributed by atoms with E-state index in [0.29, 0.717) is 0 Å². The number of aryl methyl sites for hydroxylation is 3. The Morgan fingerprint density at radius 3 is 2.76 bits per heavy atom. The maximum atomic E-state index is 5.82. The largest absolute Gasteiger partial charge is 0.497 e. The van der Waals surface area contributed by atoms with Gasteiger partial charge in [0.05, 0.1) is 18.1 Å². The summed E-state index contributed by atoms with van der Waals surface area (Å²) < 4.78 is 7.39. The number of rotatable bonds is 4. The summed E-state index contributed by atoms with van der Waals surface area (Å²) in [6, 6.07) is 14.0. The van der Waals surface area contributed by atoms with E-state index < -0.39 is 0 Å². The Labute approximate surface area is 124 Å². The van der Waals surface area contributed by atoms with E-state index in [-0.39, 0.29) is 0 Å². The number of hydrogen-bond acceptors (Lipinski definition) is 3. The van der Waals surface area contributed by atoms with Crippen molar-refractivity contribution in [2.75, 3.05) is 12.8 Å². The SMILES string of the molecule is COc1ccc2c(c1)nc(CCc1cccc(N)c1)n2C. The molecule has 0 atom stereocenters. The van der Waals surface area contributed by atoms with Gasteiger partial charge in [0.1, 0.15) is 11.6 Å². The molecule has 4 heteroatoms. The molecule has 0 bridgehead atoms. The molecule has 1 aromatic heterocycles. The molecule has 3 rings (SSSR count). The Morgan fingerprint density at radius 1 is 1.14 bits per heavy atom. The van der Waals surface area contributed by atoms with Gasteiger partial charge in [-0.15, -0.1) is 0 Å². The number of nitrogen functional groups attached to an aromatic ring is 1. The van der Waals surface area contributed by atoms with Gasteiger partial charge in [0.2, 0.25) is 0 Å². The first kappa shape index (κ1) is 13.5. The van der Waals surface area contributed by atoms with Gasteiger partial charge in [-0.05, 0) is 36.2 Å². The molecule has 108 valence electrons. The van der Waals surface area contributed by atoms with Crippen LogP contribution in [0.25, 0.3) is 11.0 Å². The van der Waals surface area contributed by atoms with E-state index >= 15 is 0 Å². The molecule has 0 saturated heterocycles. The van der Waals surface area contributed by atoms with Crippen LogP contribution in [0.3, 0.4) is 0 Å². The van der Waals surface area contributed by atoms with Crippen LogP contribution in [0.1, 0.15) is 11.4 Å². The summed E-state index contributed by atoms with van der Waals surface area (Å²) in [6.45, 7) is 0. The van der Waals surface area contributed by atoms with Gasteiger partial charge >= 0.3 is 0 Å². The number of fused-ring (bicyclic) bond motifs is 1. The smallest absolute Gasteiger partial charge is 0.121 e. The van der Waals surface area contributed by atoms with Gasteiger partial charge in [-0.25, -0.2) is 4.98 Å². The third-order valence-electron chi connectivity index (χ3n) is 3.77. The van der Waals surface area contributed by atoms with Crippen LogP contribution in [-0.4, -0.2) is 16.7 Å². The average Bonchev–Trinajstić information content (AvgIpc) is 2.81. The number of imidazole rings is 1. The number of nitrogens with two attached hydrogens (primary N) is 1. The number of hydrogen-bond donors (Lipinski definition) is 1. The van der Waals surface area contributed by atoms with Gasteiger partial charge in [-0.1, -0.05) is 12.1 Å². The first-order valence-electron chi connectivity index (χ1n) is 7.01. The Morgan fingerprint density at radius 2 is 2.00 bits per heavy atom. The minimum Gasteiger partial charge on any atom is -0.497 e. The third-order valence-corrected chi connectivity index (χ3v) is 3.77. The van der Waals surface area contributed by atoms with Crippen molar-refractivity contribution < 1.29 is 4.74 Å². The van der Waals surface area contributed by atoms with E-state index in [1.807, 2.05) is 36.4 Å². The van der Waals surface area contributed by atoms with Crippen molar-refractivity contribution >= 4 is 16.7 Å². The molecule has 4 nitrogen and oxygen atoms in total. The molecule has 0 amide bonds. The number of benzene rings is 2. The highest BCUT2D eigenvalue weighted by atomic mass is 16.5. The van der Waals surface area contributed by atoms with E-state index in [4.69, 9.17) is 15.5 Å². The van der Waals surface area contributed by atoms with Crippen LogP contribution in [-0.2, 0) is 19.9 Å². The van der Waals surface area contributed by atoms with Gasteiger partial charge in [-0.3, -0.25) is 0 Å². The second-order valence-electron chi connectivity index (χ2n) is 5.19. The lowest BCUT2D eigenvalue weighted by atomic mass is 10.1. The molecule has 3 aromatic rings. The number of nitrogens with zero attached hydrogens (tertiary/aromatic N) is 2. The van der Waals surface area contributed by atoms with E-state index in [1.54, 1.807) is 7.11 Å². The molecule has 0 aliphatic heterocycles. The predicted molar refractivity (Wildman–Crippen MR) is 85.5 cm³/mol. The van der Waals surface area contributed by atoms with Gasteiger partial charge in [0.25, 0.3) is 0 Å². The zero-order valence-electron chi connectivity index (χ0n) is 12.3. The van der Waals surface area contributed by atoms with Crippen molar-refractivity contribution in [3.8, 4) is 5.75 Å². The monoisotopic (exact) mass is 281 g/mol. The van der Waals surface area contributed by atoms with E-state index in [0.717, 1.165) is 41.1 Å². The van der Waals surface area contributed by atoms with Crippen molar-refractivity contribution in [3.63, 3.8) is 0 Å². The highest BCUT2D eigenvalue weighted by molar-refractivity contribution is 5.77. The Balaban J connectivity index is 1.85. The van der Waals surface area contributed by atoms with Crippen LogP contribution in [0.4, 0.5) is 5.69 Å². The van der Waals surface area contributed by atoms with Crippen LogP contribution < -0.4 is 10.5 Å². The van der Waals surface area contributed by atoms with Gasteiger partial charge < -0.3 is 15.0 Å². The quantitative estimate of drug-likeness (QED) is 0.748.